The lowest BCUT2D eigenvalue weighted by Gasteiger charge is -2.23. The Morgan fingerprint density at radius 3 is 2.18 bits per heavy atom. The van der Waals surface area contributed by atoms with Crippen LogP contribution in [0.3, 0.4) is 0 Å². The molecule has 0 aliphatic rings. The number of hydrogen-bond acceptors (Lipinski definition) is 4. The van der Waals surface area contributed by atoms with Gasteiger partial charge in [-0.05, 0) is 68.1 Å². The number of anilines is 1. The van der Waals surface area contributed by atoms with Crippen LogP contribution in [-0.2, 0) is 16.6 Å². The van der Waals surface area contributed by atoms with E-state index in [1.54, 1.807) is 48.5 Å². The van der Waals surface area contributed by atoms with Crippen LogP contribution in [0.1, 0.15) is 69.3 Å². The first-order valence-electron chi connectivity index (χ1n) is 11.8. The van der Waals surface area contributed by atoms with Gasteiger partial charge in [0.2, 0.25) is 10.0 Å². The minimum Gasteiger partial charge on any atom is -0.491 e. The Kier molecular flexibility index (Phi) is 10.2. The Morgan fingerprint density at radius 2 is 1.67 bits per heavy atom. The van der Waals surface area contributed by atoms with Crippen LogP contribution >= 0.6 is 0 Å². The van der Waals surface area contributed by atoms with E-state index in [0.29, 0.717) is 29.5 Å². The summed E-state index contributed by atoms with van der Waals surface area (Å²) in [5.41, 5.74) is 1.94. The summed E-state index contributed by atoms with van der Waals surface area (Å²) >= 11 is 0. The highest BCUT2D eigenvalue weighted by Gasteiger charge is 2.18. The van der Waals surface area contributed by atoms with Crippen LogP contribution in [-0.4, -0.2) is 33.2 Å². The molecular weight excluding hydrogens is 436 g/mol. The number of carbonyl (C=O) groups is 1. The normalized spacial score (nSPS) is 12.4. The van der Waals surface area contributed by atoms with Gasteiger partial charge in [-0.1, -0.05) is 45.2 Å². The van der Waals surface area contributed by atoms with Crippen molar-refractivity contribution in [2.75, 3.05) is 17.1 Å². The van der Waals surface area contributed by atoms with Crippen molar-refractivity contribution in [1.29, 1.82) is 0 Å². The highest BCUT2D eigenvalue weighted by Crippen LogP contribution is 2.24. The quantitative estimate of drug-likeness (QED) is 0.422. The predicted octanol–water partition coefficient (Wildman–Crippen LogP) is 5.39. The van der Waals surface area contributed by atoms with Gasteiger partial charge >= 0.3 is 0 Å². The molecule has 0 radical (unpaired) electrons. The number of rotatable bonds is 13. The Hall–Kier alpha value is -2.54. The van der Waals surface area contributed by atoms with Crippen molar-refractivity contribution in [3.05, 3.63) is 59.7 Å². The third-order valence-electron chi connectivity index (χ3n) is 5.53. The third kappa shape index (κ3) is 8.72. The van der Waals surface area contributed by atoms with E-state index < -0.39 is 10.0 Å². The van der Waals surface area contributed by atoms with E-state index in [4.69, 9.17) is 4.74 Å². The second-order valence-corrected chi connectivity index (χ2v) is 10.7. The third-order valence-corrected chi connectivity index (χ3v) is 6.67. The number of hydrogen-bond donors (Lipinski definition) is 1. The van der Waals surface area contributed by atoms with Crippen LogP contribution < -0.4 is 14.4 Å². The van der Waals surface area contributed by atoms with Gasteiger partial charge in [0.05, 0.1) is 24.6 Å². The van der Waals surface area contributed by atoms with Gasteiger partial charge < -0.3 is 10.1 Å². The Morgan fingerprint density at radius 1 is 1.03 bits per heavy atom. The molecule has 1 N–H and O–H groups in total. The Labute approximate surface area is 199 Å². The minimum absolute atomic E-state index is 0.0433. The molecule has 0 aliphatic carbocycles. The van der Waals surface area contributed by atoms with Crippen molar-refractivity contribution < 1.29 is 17.9 Å². The van der Waals surface area contributed by atoms with Gasteiger partial charge in [-0.3, -0.25) is 9.10 Å². The smallest absolute Gasteiger partial charge is 0.251 e. The second-order valence-electron chi connectivity index (χ2n) is 8.75. The van der Waals surface area contributed by atoms with Gasteiger partial charge in [0.25, 0.3) is 5.91 Å². The van der Waals surface area contributed by atoms with E-state index in [1.807, 2.05) is 13.8 Å². The van der Waals surface area contributed by atoms with Crippen LogP contribution in [0.2, 0.25) is 0 Å². The molecule has 33 heavy (non-hydrogen) atoms. The van der Waals surface area contributed by atoms with Gasteiger partial charge in [-0.15, -0.1) is 0 Å². The maximum absolute atomic E-state index is 12.5. The largest absolute Gasteiger partial charge is 0.491 e. The molecule has 0 heterocycles. The van der Waals surface area contributed by atoms with Crippen molar-refractivity contribution in [3.8, 4) is 5.75 Å². The number of ether oxygens (including phenoxy) is 1. The van der Waals surface area contributed by atoms with E-state index in [2.05, 4.69) is 19.2 Å². The second kappa shape index (κ2) is 12.6. The molecule has 6 nitrogen and oxygen atoms in total. The zero-order valence-corrected chi connectivity index (χ0v) is 21.3. The number of nitrogens with one attached hydrogen (secondary N) is 1. The highest BCUT2D eigenvalue weighted by atomic mass is 32.2. The lowest BCUT2D eigenvalue weighted by Crippen LogP contribution is -2.30. The van der Waals surface area contributed by atoms with E-state index in [0.717, 1.165) is 24.8 Å². The molecule has 182 valence electrons. The molecular formula is C26H38N2O4S. The van der Waals surface area contributed by atoms with Crippen molar-refractivity contribution in [1.82, 2.24) is 5.32 Å². The van der Waals surface area contributed by atoms with Crippen LogP contribution in [0.15, 0.2) is 48.5 Å². The summed E-state index contributed by atoms with van der Waals surface area (Å²) in [5.74, 6) is 1.09. The molecule has 0 saturated heterocycles. The highest BCUT2D eigenvalue weighted by molar-refractivity contribution is 7.92. The van der Waals surface area contributed by atoms with E-state index >= 15 is 0 Å². The van der Waals surface area contributed by atoms with Crippen LogP contribution in [0, 0.1) is 5.92 Å². The maximum Gasteiger partial charge on any atom is 0.251 e. The molecule has 1 atom stereocenters. The number of sulfonamides is 1. The molecule has 0 spiro atoms. The van der Waals surface area contributed by atoms with Gasteiger partial charge in [0.15, 0.2) is 0 Å². The summed E-state index contributed by atoms with van der Waals surface area (Å²) in [4.78, 5) is 12.5. The maximum atomic E-state index is 12.5. The van der Waals surface area contributed by atoms with E-state index in [9.17, 15) is 13.2 Å². The van der Waals surface area contributed by atoms with E-state index in [-0.39, 0.29) is 18.6 Å². The lowest BCUT2D eigenvalue weighted by molar-refractivity contribution is 0.0945. The number of benzene rings is 2. The molecule has 2 rings (SSSR count). The Balaban J connectivity index is 2.06. The molecule has 0 saturated carbocycles. The summed E-state index contributed by atoms with van der Waals surface area (Å²) in [6, 6.07) is 14.1. The summed E-state index contributed by atoms with van der Waals surface area (Å²) < 4.78 is 31.9. The van der Waals surface area contributed by atoms with Gasteiger partial charge in [-0.2, -0.15) is 0 Å². The van der Waals surface area contributed by atoms with Gasteiger partial charge in [-0.25, -0.2) is 8.42 Å². The lowest BCUT2D eigenvalue weighted by atomic mass is 9.99. The molecule has 2 aromatic carbocycles. The average molecular weight is 475 g/mol. The average Bonchev–Trinajstić information content (AvgIpc) is 2.77. The fourth-order valence-corrected chi connectivity index (χ4v) is 4.46. The molecule has 0 fully saturated rings. The molecule has 2 aromatic rings. The molecule has 0 aromatic heterocycles. The molecule has 1 amide bonds. The topological polar surface area (TPSA) is 75.7 Å². The van der Waals surface area contributed by atoms with Crippen molar-refractivity contribution in [3.63, 3.8) is 0 Å². The van der Waals surface area contributed by atoms with Gasteiger partial charge in [0.1, 0.15) is 5.75 Å². The van der Waals surface area contributed by atoms with E-state index in [1.165, 1.54) is 17.0 Å². The zero-order chi connectivity index (χ0) is 24.4. The molecule has 0 unspecified atom stereocenters. The molecule has 0 aliphatic heterocycles. The van der Waals surface area contributed by atoms with Crippen LogP contribution in [0.25, 0.3) is 0 Å². The van der Waals surface area contributed by atoms with Crippen molar-refractivity contribution >= 4 is 21.6 Å². The fourth-order valence-electron chi connectivity index (χ4n) is 3.57. The first-order chi connectivity index (χ1) is 15.6. The summed E-state index contributed by atoms with van der Waals surface area (Å²) in [7, 11) is -3.49. The number of carbonyl (C=O) groups excluding carboxylic acids is 1. The monoisotopic (exact) mass is 474 g/mol. The van der Waals surface area contributed by atoms with Gasteiger partial charge in [0, 0.05) is 12.1 Å². The van der Waals surface area contributed by atoms with Crippen molar-refractivity contribution in [2.45, 2.75) is 66.0 Å². The van der Waals surface area contributed by atoms with Crippen LogP contribution in [0.5, 0.6) is 5.75 Å². The molecule has 7 heteroatoms. The molecule has 0 bridgehead atoms. The summed E-state index contributed by atoms with van der Waals surface area (Å²) in [5, 5.41) is 3.03. The standard InChI is InChI=1S/C26H38N2O4S/c1-6-8-9-21(7-2)18-27-26(29)23-12-10-22(11-13-23)19-28(33(5,30)31)24-14-16-25(17-15-24)32-20(3)4/h10-17,20-21H,6-9,18-19H2,1-5H3,(H,27,29)/t21-/m0/s1. The number of amides is 1. The Bertz CT molecular complexity index is 970. The first kappa shape index (κ1) is 26.7. The zero-order valence-electron chi connectivity index (χ0n) is 20.5. The van der Waals surface area contributed by atoms with Crippen LogP contribution in [0.4, 0.5) is 5.69 Å². The predicted molar refractivity (Wildman–Crippen MR) is 135 cm³/mol. The first-order valence-corrected chi connectivity index (χ1v) is 13.6. The summed E-state index contributed by atoms with van der Waals surface area (Å²) in [6.45, 7) is 9.06. The fraction of sp³-hybridized carbons (Fsp3) is 0.500. The minimum atomic E-state index is -3.49. The SMILES string of the molecule is CCCC[C@H](CC)CNC(=O)c1ccc(CN(c2ccc(OC(C)C)cc2)S(C)(=O)=O)cc1. The number of nitrogens with zero attached hydrogens (tertiary/aromatic N) is 1. The van der Waals surface area contributed by atoms with Crippen molar-refractivity contribution in [2.24, 2.45) is 5.92 Å². The summed E-state index contributed by atoms with van der Waals surface area (Å²) in [6.07, 6.45) is 5.74. The number of unbranched alkanes of at least 4 members (excludes halogenated alkanes) is 1.